The van der Waals surface area contributed by atoms with Crippen LogP contribution in [0, 0.1) is 11.8 Å². The van der Waals surface area contributed by atoms with Crippen LogP contribution >= 0.6 is 0 Å². The molecule has 1 aromatic rings. The van der Waals surface area contributed by atoms with Gasteiger partial charge in [-0.2, -0.15) is 0 Å². The second-order valence-electron chi connectivity index (χ2n) is 8.43. The van der Waals surface area contributed by atoms with E-state index in [1.54, 1.807) is 7.11 Å². The van der Waals surface area contributed by atoms with E-state index in [1.807, 2.05) is 29.2 Å². The first-order valence-electron chi connectivity index (χ1n) is 11.3. The van der Waals surface area contributed by atoms with Crippen molar-refractivity contribution in [1.82, 2.24) is 15.1 Å². The van der Waals surface area contributed by atoms with Crippen LogP contribution in [0.1, 0.15) is 39.0 Å². The number of anilines is 1. The van der Waals surface area contributed by atoms with E-state index in [0.29, 0.717) is 37.1 Å². The maximum atomic E-state index is 12.7. The zero-order valence-electron chi connectivity index (χ0n) is 18.4. The molecule has 2 N–H and O–H groups in total. The average molecular weight is 417 g/mol. The van der Waals surface area contributed by atoms with E-state index in [1.165, 1.54) is 12.8 Å². The van der Waals surface area contributed by atoms with E-state index < -0.39 is 0 Å². The van der Waals surface area contributed by atoms with Crippen molar-refractivity contribution in [2.75, 3.05) is 51.7 Å². The number of piperidine rings is 1. The Hall–Kier alpha value is -2.28. The van der Waals surface area contributed by atoms with Crippen LogP contribution < -0.4 is 15.4 Å². The molecule has 0 aliphatic carbocycles. The molecule has 2 heterocycles. The van der Waals surface area contributed by atoms with Crippen LogP contribution in [0.25, 0.3) is 0 Å². The third kappa shape index (κ3) is 6.36. The monoisotopic (exact) mass is 416 g/mol. The second-order valence-corrected chi connectivity index (χ2v) is 8.43. The number of rotatable bonds is 8. The molecule has 0 bridgehead atoms. The number of hydrogen-bond acceptors (Lipinski definition) is 4. The van der Waals surface area contributed by atoms with Crippen molar-refractivity contribution in [2.45, 2.75) is 39.0 Å². The van der Waals surface area contributed by atoms with Gasteiger partial charge in [0.15, 0.2) is 0 Å². The zero-order valence-corrected chi connectivity index (χ0v) is 18.4. The molecule has 0 radical (unpaired) electrons. The Morgan fingerprint density at radius 2 is 1.97 bits per heavy atom. The molecule has 2 saturated heterocycles. The standard InChI is InChI=1S/C23H36N4O3/c1-3-18-17-27(23(29)25-20-7-6-8-21(16-20)30-2)13-9-19(18)15-22(28)24-10-14-26-11-4-5-12-26/h6-8,16,18-19H,3-5,9-15,17H2,1-2H3,(H,24,28)(H,25,29). The van der Waals surface area contributed by atoms with E-state index in [2.05, 4.69) is 22.5 Å². The number of nitrogens with zero attached hydrogens (tertiary/aromatic N) is 2. The lowest BCUT2D eigenvalue weighted by Gasteiger charge is -2.38. The molecule has 0 spiro atoms. The van der Waals surface area contributed by atoms with E-state index in [-0.39, 0.29) is 11.9 Å². The number of carbonyl (C=O) groups excluding carboxylic acids is 2. The molecule has 2 atom stereocenters. The van der Waals surface area contributed by atoms with Crippen LogP contribution in [-0.4, -0.2) is 68.1 Å². The average Bonchev–Trinajstić information content (AvgIpc) is 3.27. The van der Waals surface area contributed by atoms with Crippen molar-refractivity contribution in [2.24, 2.45) is 11.8 Å². The summed E-state index contributed by atoms with van der Waals surface area (Å²) in [6, 6.07) is 7.29. The first kappa shape index (κ1) is 22.4. The fraction of sp³-hybridized carbons (Fsp3) is 0.652. The van der Waals surface area contributed by atoms with Crippen molar-refractivity contribution in [1.29, 1.82) is 0 Å². The van der Waals surface area contributed by atoms with Gasteiger partial charge in [0.2, 0.25) is 5.91 Å². The quantitative estimate of drug-likeness (QED) is 0.683. The number of hydrogen-bond donors (Lipinski definition) is 2. The van der Waals surface area contributed by atoms with Gasteiger partial charge >= 0.3 is 6.03 Å². The molecule has 2 aliphatic rings. The molecule has 166 valence electrons. The van der Waals surface area contributed by atoms with Gasteiger partial charge in [-0.25, -0.2) is 4.79 Å². The van der Waals surface area contributed by atoms with E-state index in [4.69, 9.17) is 4.74 Å². The molecule has 7 heteroatoms. The molecule has 2 fully saturated rings. The van der Waals surface area contributed by atoms with Gasteiger partial charge in [0, 0.05) is 44.4 Å². The fourth-order valence-corrected chi connectivity index (χ4v) is 4.57. The summed E-state index contributed by atoms with van der Waals surface area (Å²) in [4.78, 5) is 29.4. The Bertz CT molecular complexity index is 705. The summed E-state index contributed by atoms with van der Waals surface area (Å²) in [6.45, 7) is 7.51. The largest absolute Gasteiger partial charge is 0.497 e. The van der Waals surface area contributed by atoms with E-state index in [0.717, 1.165) is 44.7 Å². The fourth-order valence-electron chi connectivity index (χ4n) is 4.57. The predicted molar refractivity (Wildman–Crippen MR) is 119 cm³/mol. The van der Waals surface area contributed by atoms with E-state index >= 15 is 0 Å². The van der Waals surface area contributed by atoms with Crippen LogP contribution in [0.3, 0.4) is 0 Å². The summed E-state index contributed by atoms with van der Waals surface area (Å²) in [6.07, 6.45) is 4.94. The van der Waals surface area contributed by atoms with Crippen molar-refractivity contribution in [3.8, 4) is 5.75 Å². The van der Waals surface area contributed by atoms with Crippen molar-refractivity contribution in [3.05, 3.63) is 24.3 Å². The molecule has 2 unspecified atom stereocenters. The highest BCUT2D eigenvalue weighted by molar-refractivity contribution is 5.89. The van der Waals surface area contributed by atoms with Crippen LogP contribution in [0.5, 0.6) is 5.75 Å². The zero-order chi connectivity index (χ0) is 21.3. The Balaban J connectivity index is 1.44. The van der Waals surface area contributed by atoms with Gasteiger partial charge in [-0.15, -0.1) is 0 Å². The number of ether oxygens (including phenoxy) is 1. The Labute approximate surface area is 180 Å². The number of carbonyl (C=O) groups is 2. The molecule has 0 aromatic heterocycles. The van der Waals surface area contributed by atoms with Crippen LogP contribution in [-0.2, 0) is 4.79 Å². The number of urea groups is 1. The topological polar surface area (TPSA) is 73.9 Å². The highest BCUT2D eigenvalue weighted by Crippen LogP contribution is 2.29. The lowest BCUT2D eigenvalue weighted by Crippen LogP contribution is -2.46. The highest BCUT2D eigenvalue weighted by Gasteiger charge is 2.31. The summed E-state index contributed by atoms with van der Waals surface area (Å²) in [5, 5.41) is 6.06. The molecule has 3 rings (SSSR count). The first-order chi connectivity index (χ1) is 14.6. The minimum atomic E-state index is -0.0878. The minimum Gasteiger partial charge on any atom is -0.497 e. The number of amides is 3. The number of methoxy groups -OCH3 is 1. The first-order valence-corrected chi connectivity index (χ1v) is 11.3. The third-order valence-corrected chi connectivity index (χ3v) is 6.42. The van der Waals surface area contributed by atoms with Crippen LogP contribution in [0.15, 0.2) is 24.3 Å². The second kappa shape index (κ2) is 11.2. The molecule has 7 nitrogen and oxygen atoms in total. The highest BCUT2D eigenvalue weighted by atomic mass is 16.5. The molecule has 3 amide bonds. The lowest BCUT2D eigenvalue weighted by molar-refractivity contribution is -0.122. The maximum Gasteiger partial charge on any atom is 0.321 e. The van der Waals surface area contributed by atoms with Crippen LogP contribution in [0.4, 0.5) is 10.5 Å². The lowest BCUT2D eigenvalue weighted by atomic mass is 9.81. The van der Waals surface area contributed by atoms with Gasteiger partial charge in [0.25, 0.3) is 0 Å². The van der Waals surface area contributed by atoms with Crippen molar-refractivity contribution >= 4 is 17.6 Å². The molecule has 30 heavy (non-hydrogen) atoms. The maximum absolute atomic E-state index is 12.7. The minimum absolute atomic E-state index is 0.0878. The van der Waals surface area contributed by atoms with Crippen molar-refractivity contribution < 1.29 is 14.3 Å². The normalized spacial score (nSPS) is 22.0. The van der Waals surface area contributed by atoms with Gasteiger partial charge in [-0.1, -0.05) is 19.4 Å². The SMILES string of the molecule is CCC1CN(C(=O)Nc2cccc(OC)c2)CCC1CC(=O)NCCN1CCCC1. The van der Waals surface area contributed by atoms with E-state index in [9.17, 15) is 9.59 Å². The van der Waals surface area contributed by atoms with Crippen LogP contribution in [0.2, 0.25) is 0 Å². The third-order valence-electron chi connectivity index (χ3n) is 6.42. The number of likely N-dealkylation sites (tertiary alicyclic amines) is 2. The molecular weight excluding hydrogens is 380 g/mol. The van der Waals surface area contributed by atoms with Crippen molar-refractivity contribution in [3.63, 3.8) is 0 Å². The number of nitrogens with one attached hydrogen (secondary N) is 2. The molecule has 1 aromatic carbocycles. The summed E-state index contributed by atoms with van der Waals surface area (Å²) in [5.41, 5.74) is 0.729. The summed E-state index contributed by atoms with van der Waals surface area (Å²) >= 11 is 0. The Morgan fingerprint density at radius 3 is 2.70 bits per heavy atom. The Morgan fingerprint density at radius 1 is 1.17 bits per heavy atom. The van der Waals surface area contributed by atoms with Gasteiger partial charge in [-0.05, 0) is 56.3 Å². The Kier molecular flexibility index (Phi) is 8.37. The van der Waals surface area contributed by atoms with Gasteiger partial charge in [-0.3, -0.25) is 4.79 Å². The van der Waals surface area contributed by atoms with Gasteiger partial charge in [0.1, 0.15) is 5.75 Å². The molecular formula is C23H36N4O3. The van der Waals surface area contributed by atoms with Gasteiger partial charge in [0.05, 0.1) is 7.11 Å². The summed E-state index contributed by atoms with van der Waals surface area (Å²) < 4.78 is 5.22. The smallest absolute Gasteiger partial charge is 0.321 e. The summed E-state index contributed by atoms with van der Waals surface area (Å²) in [7, 11) is 1.61. The summed E-state index contributed by atoms with van der Waals surface area (Å²) in [5.74, 6) is 1.54. The molecule has 2 aliphatic heterocycles. The molecule has 0 saturated carbocycles. The van der Waals surface area contributed by atoms with Gasteiger partial charge < -0.3 is 25.2 Å². The predicted octanol–water partition coefficient (Wildman–Crippen LogP) is 3.18. The number of benzene rings is 1.